The van der Waals surface area contributed by atoms with E-state index in [0.29, 0.717) is 11.5 Å². The number of para-hydroxylation sites is 1. The van der Waals surface area contributed by atoms with Crippen LogP contribution in [-0.4, -0.2) is 19.3 Å². The van der Waals surface area contributed by atoms with Crippen LogP contribution in [0.2, 0.25) is 0 Å². The zero-order valence-electron chi connectivity index (χ0n) is 27.7. The molecule has 3 heterocycles. The molecule has 4 aromatic carbocycles. The van der Waals surface area contributed by atoms with Gasteiger partial charge in [0.05, 0.1) is 11.4 Å². The van der Waals surface area contributed by atoms with Crippen molar-refractivity contribution in [2.75, 3.05) is 0 Å². The van der Waals surface area contributed by atoms with E-state index >= 15 is 0 Å². The molecule has 0 aliphatic heterocycles. The Hall–Kier alpha value is -4.47. The third-order valence-electron chi connectivity index (χ3n) is 8.33. The minimum atomic E-state index is -0.168. The van der Waals surface area contributed by atoms with Gasteiger partial charge in [0.2, 0.25) is 0 Å². The van der Waals surface area contributed by atoms with Gasteiger partial charge in [-0.15, -0.1) is 35.7 Å². The van der Waals surface area contributed by atoms with Crippen molar-refractivity contribution >= 4 is 21.8 Å². The Morgan fingerprint density at radius 1 is 0.787 bits per heavy atom. The van der Waals surface area contributed by atoms with Crippen LogP contribution in [0.25, 0.3) is 44.4 Å². The van der Waals surface area contributed by atoms with Gasteiger partial charge in [0, 0.05) is 34.2 Å². The van der Waals surface area contributed by atoms with Crippen LogP contribution in [0.4, 0.5) is 0 Å². The van der Waals surface area contributed by atoms with Crippen LogP contribution in [0.3, 0.4) is 0 Å². The first kappa shape index (κ1) is 32.5. The van der Waals surface area contributed by atoms with E-state index in [1.807, 2.05) is 24.4 Å². The molecule has 5 nitrogen and oxygen atoms in total. The summed E-state index contributed by atoms with van der Waals surface area (Å²) in [6.45, 7) is 13.1. The molecule has 0 amide bonds. The maximum absolute atomic E-state index is 6.55. The van der Waals surface area contributed by atoms with Gasteiger partial charge in [-0.3, -0.25) is 4.68 Å². The quantitative estimate of drug-likeness (QED) is 0.151. The zero-order chi connectivity index (χ0) is 32.0. The molecular weight excluding hydrogens is 760 g/mol. The first-order valence-corrected chi connectivity index (χ1v) is 16.0. The topological polar surface area (TPSA) is 44.9 Å². The van der Waals surface area contributed by atoms with Crippen LogP contribution in [0.1, 0.15) is 56.6 Å². The van der Waals surface area contributed by atoms with E-state index in [9.17, 15) is 0 Å². The number of nitrogens with zero attached hydrogens (tertiary/aromatic N) is 4. The van der Waals surface area contributed by atoms with Gasteiger partial charge in [0.15, 0.2) is 0 Å². The summed E-state index contributed by atoms with van der Waals surface area (Å²) in [6.07, 6.45) is 3.76. The fourth-order valence-electron chi connectivity index (χ4n) is 6.41. The molecule has 0 saturated carbocycles. The van der Waals surface area contributed by atoms with E-state index in [2.05, 4.69) is 136 Å². The van der Waals surface area contributed by atoms with Crippen molar-refractivity contribution in [3.05, 3.63) is 132 Å². The molecule has 3 aromatic heterocycles. The number of aromatic nitrogens is 4. The third kappa shape index (κ3) is 6.17. The van der Waals surface area contributed by atoms with E-state index in [1.54, 1.807) is 0 Å². The second kappa shape index (κ2) is 13.0. The number of rotatable bonds is 7. The number of pyridine rings is 1. The van der Waals surface area contributed by atoms with E-state index in [1.165, 1.54) is 11.1 Å². The molecule has 47 heavy (non-hydrogen) atoms. The fourth-order valence-corrected chi connectivity index (χ4v) is 6.41. The molecule has 0 aliphatic rings. The van der Waals surface area contributed by atoms with Gasteiger partial charge in [-0.2, -0.15) is 16.7 Å². The van der Waals surface area contributed by atoms with Crippen LogP contribution in [0, 0.1) is 26.0 Å². The van der Waals surface area contributed by atoms with Crippen LogP contribution in [0.15, 0.2) is 97.2 Å². The van der Waals surface area contributed by atoms with Crippen LogP contribution in [-0.2, 0) is 32.9 Å². The van der Waals surface area contributed by atoms with Gasteiger partial charge in [-0.05, 0) is 53.7 Å². The average molecular weight is 798 g/mol. The van der Waals surface area contributed by atoms with Crippen molar-refractivity contribution in [3.63, 3.8) is 0 Å². The first-order chi connectivity index (χ1) is 22.2. The number of aryl methyl sites for hydroxylation is 3. The number of fused-ring (bicyclic) bond motifs is 3. The molecule has 0 fully saturated rings. The van der Waals surface area contributed by atoms with Crippen molar-refractivity contribution in [3.8, 4) is 34.1 Å². The summed E-state index contributed by atoms with van der Waals surface area (Å²) >= 11 is 0. The molecule has 238 valence electrons. The number of ether oxygens (including phenoxy) is 1. The molecule has 6 heteroatoms. The van der Waals surface area contributed by atoms with Crippen LogP contribution < -0.4 is 4.74 Å². The minimum Gasteiger partial charge on any atom is -0.509 e. The Labute approximate surface area is 291 Å². The van der Waals surface area contributed by atoms with E-state index in [4.69, 9.17) is 14.8 Å². The number of hydrogen-bond donors (Lipinski definition) is 0. The van der Waals surface area contributed by atoms with Gasteiger partial charge in [0.1, 0.15) is 5.82 Å². The number of benzene rings is 4. The van der Waals surface area contributed by atoms with Crippen molar-refractivity contribution in [2.45, 2.75) is 59.8 Å². The average Bonchev–Trinajstić information content (AvgIpc) is 3.58. The summed E-state index contributed by atoms with van der Waals surface area (Å²) in [5.41, 5.74) is 9.58. The Morgan fingerprint density at radius 2 is 1.55 bits per heavy atom. The summed E-state index contributed by atoms with van der Waals surface area (Å²) < 4.78 is 10.8. The molecular formula is C41H38N4OPt. The second-order valence-electron chi connectivity index (χ2n) is 13.1. The summed E-state index contributed by atoms with van der Waals surface area (Å²) in [5.74, 6) is 2.09. The smallest absolute Gasteiger partial charge is 0.509 e. The Morgan fingerprint density at radius 3 is 2.30 bits per heavy atom. The summed E-state index contributed by atoms with van der Waals surface area (Å²) in [4.78, 5) is 4.71. The standard InChI is InChI=1S/C41H38N4O.Pt/c1-7-13-35-39(29-14-9-8-10-15-29)40(41(4,5)6)45(43-35)30-22-28(3)23-32(25-30)46-31-18-19-34-33-16-11-12-17-36(33)44(37(34)26-31)38-24-27(2)20-21-42-38;/h8-12,14-24H,7,13H2,1-6H3;/q-2;+2. The maximum Gasteiger partial charge on any atom is 2.00 e. The van der Waals surface area contributed by atoms with Gasteiger partial charge >= 0.3 is 21.1 Å². The molecule has 0 N–H and O–H groups in total. The van der Waals surface area contributed by atoms with Crippen molar-refractivity contribution in [1.29, 1.82) is 0 Å². The molecule has 7 aromatic rings. The minimum absolute atomic E-state index is 0. The third-order valence-corrected chi connectivity index (χ3v) is 8.33. The molecule has 0 spiro atoms. The largest absolute Gasteiger partial charge is 2.00 e. The van der Waals surface area contributed by atoms with Crippen LogP contribution in [0.5, 0.6) is 11.5 Å². The predicted octanol–water partition coefficient (Wildman–Crippen LogP) is 10.3. The predicted molar refractivity (Wildman–Crippen MR) is 187 cm³/mol. The second-order valence-corrected chi connectivity index (χ2v) is 13.1. The van der Waals surface area contributed by atoms with Crippen molar-refractivity contribution in [2.24, 2.45) is 0 Å². The van der Waals surface area contributed by atoms with Crippen molar-refractivity contribution < 1.29 is 25.8 Å². The van der Waals surface area contributed by atoms with E-state index < -0.39 is 0 Å². The molecule has 0 saturated heterocycles. The van der Waals surface area contributed by atoms with E-state index in [-0.39, 0.29) is 26.5 Å². The normalized spacial score (nSPS) is 11.6. The first-order valence-electron chi connectivity index (χ1n) is 16.0. The summed E-state index contributed by atoms with van der Waals surface area (Å²) in [7, 11) is 0. The van der Waals surface area contributed by atoms with E-state index in [0.717, 1.165) is 68.7 Å². The Bertz CT molecular complexity index is 2210. The zero-order valence-corrected chi connectivity index (χ0v) is 29.9. The monoisotopic (exact) mass is 797 g/mol. The molecule has 0 aliphatic carbocycles. The summed E-state index contributed by atoms with van der Waals surface area (Å²) in [6, 6.07) is 38.5. The SMILES string of the molecule is CCCc1nn(-c2[c-]c(Oc3[c-]c4c(cc3)c3ccccc3n4-c3cc(C)ccn3)cc(C)c2)c(C(C)(C)C)c1-c1ccccc1.[Pt+2]. The number of hydrogen-bond acceptors (Lipinski definition) is 3. The van der Waals surface area contributed by atoms with Crippen molar-refractivity contribution in [1.82, 2.24) is 19.3 Å². The van der Waals surface area contributed by atoms with Gasteiger partial charge in [-0.25, -0.2) is 4.98 Å². The Kier molecular flexibility index (Phi) is 8.96. The summed E-state index contributed by atoms with van der Waals surface area (Å²) in [5, 5.41) is 7.48. The fraction of sp³-hybridized carbons (Fsp3) is 0.220. The van der Waals surface area contributed by atoms with Crippen LogP contribution >= 0.6 is 0 Å². The Balaban J connectivity index is 0.00000386. The molecule has 0 radical (unpaired) electrons. The van der Waals surface area contributed by atoms with Gasteiger partial charge < -0.3 is 9.30 Å². The molecule has 0 bridgehead atoms. The maximum atomic E-state index is 6.55. The van der Waals surface area contributed by atoms with Gasteiger partial charge in [-0.1, -0.05) is 95.1 Å². The molecule has 7 rings (SSSR count). The molecule has 0 unspecified atom stereocenters. The molecule has 0 atom stereocenters. The van der Waals surface area contributed by atoms with Gasteiger partial charge in [0.25, 0.3) is 0 Å².